The quantitative estimate of drug-likeness (QED) is 0.655. The number of anilines is 1. The third-order valence-electron chi connectivity index (χ3n) is 4.25. The maximum atomic E-state index is 14.5. The molecule has 2 aromatic rings. The first-order valence-corrected chi connectivity index (χ1v) is 9.92. The Bertz CT molecular complexity index is 971. The first kappa shape index (κ1) is 22.2. The van der Waals surface area contributed by atoms with E-state index in [1.54, 1.807) is 6.07 Å². The number of hydrogen-bond donors (Lipinski definition) is 3. The number of nitrogens with one attached hydrogen (secondary N) is 3. The summed E-state index contributed by atoms with van der Waals surface area (Å²) < 4.78 is 54.4. The van der Waals surface area contributed by atoms with Gasteiger partial charge in [-0.25, -0.2) is 21.9 Å². The van der Waals surface area contributed by atoms with E-state index in [2.05, 4.69) is 15.4 Å². The van der Waals surface area contributed by atoms with E-state index in [1.807, 2.05) is 0 Å². The average molecular weight is 432 g/mol. The minimum Gasteiger partial charge on any atom is -0.324 e. The van der Waals surface area contributed by atoms with Crippen LogP contribution in [0, 0.1) is 11.6 Å². The minimum absolute atomic E-state index is 0. The van der Waals surface area contributed by atoms with Crippen LogP contribution in [0.2, 0.25) is 0 Å². The van der Waals surface area contributed by atoms with Crippen molar-refractivity contribution in [2.45, 2.75) is 24.3 Å². The van der Waals surface area contributed by atoms with Crippen LogP contribution in [0.4, 0.5) is 14.5 Å². The molecular weight excluding hydrogens is 412 g/mol. The van der Waals surface area contributed by atoms with E-state index in [4.69, 9.17) is 0 Å². The molecule has 1 aliphatic heterocycles. The largest absolute Gasteiger partial charge is 0.324 e. The summed E-state index contributed by atoms with van der Waals surface area (Å²) in [5, 5.41) is 5.60. The molecule has 10 heteroatoms. The van der Waals surface area contributed by atoms with E-state index in [0.29, 0.717) is 25.1 Å². The fourth-order valence-corrected chi connectivity index (χ4v) is 3.99. The summed E-state index contributed by atoms with van der Waals surface area (Å²) in [5.41, 5.74) is 1.50. The molecule has 0 spiro atoms. The molecule has 1 heterocycles. The zero-order valence-electron chi connectivity index (χ0n) is 14.8. The third kappa shape index (κ3) is 5.05. The molecule has 1 amide bonds. The highest BCUT2D eigenvalue weighted by Crippen LogP contribution is 2.24. The molecule has 0 bridgehead atoms. The number of hydrogen-bond acceptors (Lipinski definition) is 4. The monoisotopic (exact) mass is 431 g/mol. The van der Waals surface area contributed by atoms with Crippen LogP contribution in [0.5, 0.6) is 0 Å². The summed E-state index contributed by atoms with van der Waals surface area (Å²) in [6.45, 7) is 1.01. The number of rotatable bonds is 6. The Morgan fingerprint density at radius 3 is 2.64 bits per heavy atom. The van der Waals surface area contributed by atoms with Crippen molar-refractivity contribution < 1.29 is 22.0 Å². The van der Waals surface area contributed by atoms with E-state index in [9.17, 15) is 22.0 Å². The fraction of sp³-hybridized carbons (Fsp3) is 0.278. The van der Waals surface area contributed by atoms with Crippen molar-refractivity contribution in [1.82, 2.24) is 10.0 Å². The molecule has 3 rings (SSSR count). The van der Waals surface area contributed by atoms with E-state index in [-0.39, 0.29) is 31.1 Å². The van der Waals surface area contributed by atoms with Crippen molar-refractivity contribution >= 4 is 34.0 Å². The number of amides is 1. The summed E-state index contributed by atoms with van der Waals surface area (Å²) in [6, 6.07) is 8.19. The van der Waals surface area contributed by atoms with Gasteiger partial charge < -0.3 is 10.6 Å². The lowest BCUT2D eigenvalue weighted by atomic mass is 9.99. The second kappa shape index (κ2) is 9.42. The van der Waals surface area contributed by atoms with Crippen molar-refractivity contribution in [3.05, 3.63) is 59.2 Å². The van der Waals surface area contributed by atoms with E-state index < -0.39 is 32.5 Å². The summed E-state index contributed by atoms with van der Waals surface area (Å²) in [6.07, 6.45) is 0.319. The van der Waals surface area contributed by atoms with Crippen LogP contribution in [-0.2, 0) is 27.8 Å². The zero-order chi connectivity index (χ0) is 19.4. The first-order valence-electron chi connectivity index (χ1n) is 8.43. The minimum atomic E-state index is -4.07. The van der Waals surface area contributed by atoms with E-state index in [1.165, 1.54) is 18.2 Å². The molecule has 0 saturated carbocycles. The lowest BCUT2D eigenvalue weighted by Gasteiger charge is -2.19. The molecule has 0 aliphatic carbocycles. The van der Waals surface area contributed by atoms with Gasteiger partial charge in [0.2, 0.25) is 15.9 Å². The number of halogens is 3. The third-order valence-corrected chi connectivity index (χ3v) is 5.75. The fourth-order valence-electron chi connectivity index (χ4n) is 2.88. The zero-order valence-corrected chi connectivity index (χ0v) is 16.4. The van der Waals surface area contributed by atoms with Crippen LogP contribution in [0.1, 0.15) is 17.5 Å². The highest BCUT2D eigenvalue weighted by atomic mass is 35.5. The maximum absolute atomic E-state index is 14.5. The standard InChI is InChI=1S/C18H19F2N3O3S.ClH/c19-14-3-1-2-4-16(14)27(25,26)22-10-8-17(24)23-15-6-5-12-11-21-9-7-13(12)18(15)20;/h1-6,21-22H,7-11H2,(H,23,24);1H. The topological polar surface area (TPSA) is 87.3 Å². The van der Waals surface area contributed by atoms with Gasteiger partial charge in [0.1, 0.15) is 16.5 Å². The average Bonchev–Trinajstić information content (AvgIpc) is 2.64. The first-order chi connectivity index (χ1) is 12.9. The predicted octanol–water partition coefficient (Wildman–Crippen LogP) is 2.34. The molecule has 0 saturated heterocycles. The Morgan fingerprint density at radius 2 is 1.89 bits per heavy atom. The van der Waals surface area contributed by atoms with Gasteiger partial charge in [0.05, 0.1) is 5.69 Å². The van der Waals surface area contributed by atoms with Gasteiger partial charge in [-0.1, -0.05) is 18.2 Å². The molecule has 152 valence electrons. The smallest absolute Gasteiger partial charge is 0.243 e. The molecule has 2 aromatic carbocycles. The van der Waals surface area contributed by atoms with Crippen LogP contribution in [0.15, 0.2) is 41.3 Å². The van der Waals surface area contributed by atoms with Gasteiger partial charge in [0.15, 0.2) is 0 Å². The summed E-state index contributed by atoms with van der Waals surface area (Å²) >= 11 is 0. The van der Waals surface area contributed by atoms with Gasteiger partial charge in [-0.2, -0.15) is 0 Å². The number of fused-ring (bicyclic) bond motifs is 1. The lowest BCUT2D eigenvalue weighted by Crippen LogP contribution is -2.29. The summed E-state index contributed by atoms with van der Waals surface area (Å²) in [5.74, 6) is -1.88. The van der Waals surface area contributed by atoms with Gasteiger partial charge in [-0.3, -0.25) is 4.79 Å². The Hall–Kier alpha value is -2.07. The van der Waals surface area contributed by atoms with E-state index >= 15 is 0 Å². The van der Waals surface area contributed by atoms with Crippen LogP contribution >= 0.6 is 12.4 Å². The van der Waals surface area contributed by atoms with E-state index in [0.717, 1.165) is 17.7 Å². The summed E-state index contributed by atoms with van der Waals surface area (Å²) in [7, 11) is -4.07. The molecular formula is C18H20ClF2N3O3S. The highest BCUT2D eigenvalue weighted by molar-refractivity contribution is 7.89. The number of sulfonamides is 1. The Morgan fingerprint density at radius 1 is 1.14 bits per heavy atom. The van der Waals surface area contributed by atoms with Gasteiger partial charge in [0.25, 0.3) is 0 Å². The SMILES string of the molecule is Cl.O=C(CCNS(=O)(=O)c1ccccc1F)Nc1ccc2c(c1F)CCNC2. The molecule has 0 atom stereocenters. The number of carbonyl (C=O) groups is 1. The Labute approximate surface area is 168 Å². The molecule has 0 aromatic heterocycles. The second-order valence-electron chi connectivity index (χ2n) is 6.12. The summed E-state index contributed by atoms with van der Waals surface area (Å²) in [4.78, 5) is 11.5. The maximum Gasteiger partial charge on any atom is 0.243 e. The lowest BCUT2D eigenvalue weighted by molar-refractivity contribution is -0.116. The van der Waals surface area contributed by atoms with Gasteiger partial charge in [-0.05, 0) is 42.3 Å². The van der Waals surface area contributed by atoms with Crippen molar-refractivity contribution in [3.8, 4) is 0 Å². The van der Waals surface area contributed by atoms with Gasteiger partial charge in [-0.15, -0.1) is 12.4 Å². The molecule has 3 N–H and O–H groups in total. The Kier molecular flexibility index (Phi) is 7.48. The number of benzene rings is 2. The van der Waals surface area contributed by atoms with Gasteiger partial charge >= 0.3 is 0 Å². The Balaban J connectivity index is 0.00000280. The highest BCUT2D eigenvalue weighted by Gasteiger charge is 2.20. The van der Waals surface area contributed by atoms with Crippen LogP contribution in [0.3, 0.4) is 0 Å². The van der Waals surface area contributed by atoms with Crippen LogP contribution < -0.4 is 15.4 Å². The predicted molar refractivity (Wildman–Crippen MR) is 104 cm³/mol. The molecule has 0 radical (unpaired) electrons. The van der Waals surface area contributed by atoms with Crippen molar-refractivity contribution in [2.75, 3.05) is 18.4 Å². The molecule has 0 fully saturated rings. The molecule has 6 nitrogen and oxygen atoms in total. The van der Waals surface area contributed by atoms with Crippen molar-refractivity contribution in [2.24, 2.45) is 0 Å². The van der Waals surface area contributed by atoms with Crippen molar-refractivity contribution in [1.29, 1.82) is 0 Å². The molecule has 0 unspecified atom stereocenters. The van der Waals surface area contributed by atoms with Gasteiger partial charge in [0, 0.05) is 19.5 Å². The molecule has 1 aliphatic rings. The van der Waals surface area contributed by atoms with Crippen molar-refractivity contribution in [3.63, 3.8) is 0 Å². The van der Waals surface area contributed by atoms with Crippen LogP contribution in [-0.4, -0.2) is 27.4 Å². The second-order valence-corrected chi connectivity index (χ2v) is 7.85. The normalized spacial score (nSPS) is 13.4. The van der Waals surface area contributed by atoms with Crippen LogP contribution in [0.25, 0.3) is 0 Å². The number of carbonyl (C=O) groups excluding carboxylic acids is 1. The molecule has 28 heavy (non-hydrogen) atoms.